The maximum atomic E-state index is 11.4. The molecule has 0 bridgehead atoms. The van der Waals surface area contributed by atoms with Gasteiger partial charge in [0.25, 0.3) is 5.91 Å². The normalized spacial score (nSPS) is 12.2. The summed E-state index contributed by atoms with van der Waals surface area (Å²) >= 11 is 0. The quantitative estimate of drug-likeness (QED) is 0.746. The SMILES string of the molecule is Cc1cc(C(C)Nc2cc(N)ccc2C(N)=O)c(C)o1. The van der Waals surface area contributed by atoms with Crippen molar-refractivity contribution in [1.29, 1.82) is 0 Å². The number of amides is 1. The standard InChI is InChI=1S/C15H19N3O2/c1-8-6-13(10(3)20-8)9(2)18-14-7-11(16)4-5-12(14)15(17)19/h4-7,9,18H,16H2,1-3H3,(H2,17,19). The summed E-state index contributed by atoms with van der Waals surface area (Å²) in [5, 5.41) is 3.26. The third-order valence-corrected chi connectivity index (χ3v) is 3.23. The first-order valence-electron chi connectivity index (χ1n) is 6.41. The van der Waals surface area contributed by atoms with Crippen LogP contribution in [-0.2, 0) is 0 Å². The van der Waals surface area contributed by atoms with Crippen LogP contribution in [0.25, 0.3) is 0 Å². The van der Waals surface area contributed by atoms with E-state index in [9.17, 15) is 4.79 Å². The van der Waals surface area contributed by atoms with Gasteiger partial charge in [0.05, 0.1) is 11.6 Å². The Bertz CT molecular complexity index is 647. The van der Waals surface area contributed by atoms with Gasteiger partial charge < -0.3 is 21.2 Å². The number of carbonyl (C=O) groups excluding carboxylic acids is 1. The van der Waals surface area contributed by atoms with E-state index < -0.39 is 5.91 Å². The molecule has 0 radical (unpaired) electrons. The second-order valence-electron chi connectivity index (χ2n) is 4.90. The van der Waals surface area contributed by atoms with Gasteiger partial charge >= 0.3 is 0 Å². The number of anilines is 2. The van der Waals surface area contributed by atoms with E-state index in [1.807, 2.05) is 26.8 Å². The number of furan rings is 1. The summed E-state index contributed by atoms with van der Waals surface area (Å²) in [6.07, 6.45) is 0. The second kappa shape index (κ2) is 5.28. The average Bonchev–Trinajstić information content (AvgIpc) is 2.68. The highest BCUT2D eigenvalue weighted by atomic mass is 16.3. The highest BCUT2D eigenvalue weighted by molar-refractivity contribution is 5.99. The Kier molecular flexibility index (Phi) is 3.70. The number of rotatable bonds is 4. The highest BCUT2D eigenvalue weighted by Crippen LogP contribution is 2.27. The van der Waals surface area contributed by atoms with Crippen LogP contribution in [0.15, 0.2) is 28.7 Å². The molecular weight excluding hydrogens is 254 g/mol. The molecule has 0 spiro atoms. The average molecular weight is 273 g/mol. The van der Waals surface area contributed by atoms with E-state index in [1.54, 1.807) is 18.2 Å². The van der Waals surface area contributed by atoms with Gasteiger partial charge in [0.1, 0.15) is 11.5 Å². The van der Waals surface area contributed by atoms with Gasteiger partial charge in [-0.2, -0.15) is 0 Å². The summed E-state index contributed by atoms with van der Waals surface area (Å²) in [6, 6.07) is 6.94. The molecule has 5 nitrogen and oxygen atoms in total. The van der Waals surface area contributed by atoms with E-state index in [4.69, 9.17) is 15.9 Å². The van der Waals surface area contributed by atoms with Gasteiger partial charge in [0, 0.05) is 16.9 Å². The summed E-state index contributed by atoms with van der Waals surface area (Å²) < 4.78 is 5.52. The minimum absolute atomic E-state index is 0.0210. The summed E-state index contributed by atoms with van der Waals surface area (Å²) in [4.78, 5) is 11.4. The number of nitrogen functional groups attached to an aromatic ring is 1. The van der Waals surface area contributed by atoms with Gasteiger partial charge in [-0.05, 0) is 45.0 Å². The summed E-state index contributed by atoms with van der Waals surface area (Å²) in [5.41, 5.74) is 13.8. The zero-order valence-corrected chi connectivity index (χ0v) is 11.9. The van der Waals surface area contributed by atoms with Crippen molar-refractivity contribution < 1.29 is 9.21 Å². The smallest absolute Gasteiger partial charge is 0.250 e. The number of aryl methyl sites for hydroxylation is 2. The van der Waals surface area contributed by atoms with Crippen LogP contribution in [0, 0.1) is 13.8 Å². The van der Waals surface area contributed by atoms with Crippen LogP contribution in [0.5, 0.6) is 0 Å². The molecule has 0 fully saturated rings. The van der Waals surface area contributed by atoms with Crippen molar-refractivity contribution in [3.05, 3.63) is 46.9 Å². The predicted octanol–water partition coefficient (Wildman–Crippen LogP) is 2.75. The minimum Gasteiger partial charge on any atom is -0.466 e. The highest BCUT2D eigenvalue weighted by Gasteiger charge is 2.15. The van der Waals surface area contributed by atoms with Gasteiger partial charge in [0.2, 0.25) is 0 Å². The molecule has 2 aromatic rings. The number of hydrogen-bond acceptors (Lipinski definition) is 4. The van der Waals surface area contributed by atoms with E-state index in [0.717, 1.165) is 17.1 Å². The van der Waals surface area contributed by atoms with E-state index >= 15 is 0 Å². The monoisotopic (exact) mass is 273 g/mol. The van der Waals surface area contributed by atoms with E-state index in [2.05, 4.69) is 5.32 Å². The minimum atomic E-state index is -0.486. The number of hydrogen-bond donors (Lipinski definition) is 3. The van der Waals surface area contributed by atoms with Crippen molar-refractivity contribution in [2.75, 3.05) is 11.1 Å². The van der Waals surface area contributed by atoms with E-state index in [0.29, 0.717) is 16.9 Å². The zero-order valence-electron chi connectivity index (χ0n) is 11.9. The molecule has 5 heteroatoms. The van der Waals surface area contributed by atoms with E-state index in [1.165, 1.54) is 0 Å². The Morgan fingerprint density at radius 2 is 2.00 bits per heavy atom. The number of benzene rings is 1. The Morgan fingerprint density at radius 3 is 2.55 bits per heavy atom. The third kappa shape index (κ3) is 2.77. The Morgan fingerprint density at radius 1 is 1.30 bits per heavy atom. The molecule has 0 saturated heterocycles. The van der Waals surface area contributed by atoms with Crippen LogP contribution in [0.1, 0.15) is 40.4 Å². The molecule has 1 aromatic heterocycles. The van der Waals surface area contributed by atoms with Crippen LogP contribution in [0.3, 0.4) is 0 Å². The van der Waals surface area contributed by atoms with Crippen LogP contribution >= 0.6 is 0 Å². The lowest BCUT2D eigenvalue weighted by Crippen LogP contribution is -2.16. The summed E-state index contributed by atoms with van der Waals surface area (Å²) in [6.45, 7) is 5.80. The molecule has 5 N–H and O–H groups in total. The van der Waals surface area contributed by atoms with Gasteiger partial charge in [-0.25, -0.2) is 0 Å². The van der Waals surface area contributed by atoms with Gasteiger partial charge in [0.15, 0.2) is 0 Å². The number of nitrogens with two attached hydrogens (primary N) is 2. The van der Waals surface area contributed by atoms with Crippen molar-refractivity contribution in [3.63, 3.8) is 0 Å². The van der Waals surface area contributed by atoms with Crippen LogP contribution in [0.4, 0.5) is 11.4 Å². The largest absolute Gasteiger partial charge is 0.466 e. The molecule has 0 saturated carbocycles. The molecule has 106 valence electrons. The Balaban J connectivity index is 2.32. The van der Waals surface area contributed by atoms with Crippen molar-refractivity contribution >= 4 is 17.3 Å². The van der Waals surface area contributed by atoms with Crippen molar-refractivity contribution in [2.24, 2.45) is 5.73 Å². The van der Waals surface area contributed by atoms with Crippen molar-refractivity contribution in [1.82, 2.24) is 0 Å². The van der Waals surface area contributed by atoms with Crippen molar-refractivity contribution in [3.8, 4) is 0 Å². The Labute approximate surface area is 117 Å². The lowest BCUT2D eigenvalue weighted by atomic mass is 10.1. The number of nitrogens with one attached hydrogen (secondary N) is 1. The topological polar surface area (TPSA) is 94.3 Å². The number of primary amides is 1. The lowest BCUT2D eigenvalue weighted by Gasteiger charge is -2.17. The first-order valence-corrected chi connectivity index (χ1v) is 6.41. The Hall–Kier alpha value is -2.43. The first-order chi connectivity index (χ1) is 9.38. The molecule has 20 heavy (non-hydrogen) atoms. The molecule has 2 rings (SSSR count). The van der Waals surface area contributed by atoms with Crippen molar-refractivity contribution in [2.45, 2.75) is 26.8 Å². The van der Waals surface area contributed by atoms with E-state index in [-0.39, 0.29) is 6.04 Å². The van der Waals surface area contributed by atoms with Gasteiger partial charge in [-0.3, -0.25) is 4.79 Å². The van der Waals surface area contributed by atoms with Gasteiger partial charge in [-0.1, -0.05) is 0 Å². The predicted molar refractivity (Wildman–Crippen MR) is 79.6 cm³/mol. The molecule has 1 unspecified atom stereocenters. The fourth-order valence-electron chi connectivity index (χ4n) is 2.29. The molecule has 1 amide bonds. The summed E-state index contributed by atoms with van der Waals surface area (Å²) in [5.74, 6) is 1.22. The molecule has 0 aliphatic heterocycles. The fourth-order valence-corrected chi connectivity index (χ4v) is 2.29. The zero-order chi connectivity index (χ0) is 14.9. The second-order valence-corrected chi connectivity index (χ2v) is 4.90. The molecule has 1 atom stereocenters. The molecule has 0 aliphatic rings. The maximum absolute atomic E-state index is 11.4. The summed E-state index contributed by atoms with van der Waals surface area (Å²) in [7, 11) is 0. The van der Waals surface area contributed by atoms with Crippen LogP contribution in [-0.4, -0.2) is 5.91 Å². The number of carbonyl (C=O) groups is 1. The third-order valence-electron chi connectivity index (χ3n) is 3.23. The maximum Gasteiger partial charge on any atom is 0.250 e. The molecule has 1 heterocycles. The van der Waals surface area contributed by atoms with Crippen LogP contribution < -0.4 is 16.8 Å². The molecular formula is C15H19N3O2. The van der Waals surface area contributed by atoms with Crippen LogP contribution in [0.2, 0.25) is 0 Å². The molecule has 1 aromatic carbocycles. The first kappa shape index (κ1) is 14.0. The van der Waals surface area contributed by atoms with Gasteiger partial charge in [-0.15, -0.1) is 0 Å². The molecule has 0 aliphatic carbocycles. The fraction of sp³-hybridized carbons (Fsp3) is 0.267. The lowest BCUT2D eigenvalue weighted by molar-refractivity contribution is 0.100.